The van der Waals surface area contributed by atoms with Crippen LogP contribution in [0.2, 0.25) is 0 Å². The fourth-order valence-electron chi connectivity index (χ4n) is 2.75. The van der Waals surface area contributed by atoms with Gasteiger partial charge in [0.25, 0.3) is 0 Å². The summed E-state index contributed by atoms with van der Waals surface area (Å²) in [6.45, 7) is 3.75. The number of amides is 1. The summed E-state index contributed by atoms with van der Waals surface area (Å²) in [4.78, 5) is 25.0. The molecule has 0 aliphatic carbocycles. The molecule has 0 aliphatic heterocycles. The zero-order valence-corrected chi connectivity index (χ0v) is 15.5. The molecule has 2 aromatic rings. The minimum absolute atomic E-state index is 0.0185. The van der Waals surface area contributed by atoms with Crippen molar-refractivity contribution in [2.24, 2.45) is 0 Å². The number of carboxylic acid groups (broad SMARTS) is 1. The summed E-state index contributed by atoms with van der Waals surface area (Å²) < 4.78 is 10.6. The number of ether oxygens (including phenoxy) is 2. The largest absolute Gasteiger partial charge is 0.496 e. The number of carboxylic acids is 1. The highest BCUT2D eigenvalue weighted by molar-refractivity contribution is 7.16. The highest BCUT2D eigenvalue weighted by Gasteiger charge is 2.22. The Morgan fingerprint density at radius 3 is 2.24 bits per heavy atom. The van der Waals surface area contributed by atoms with E-state index >= 15 is 0 Å². The fourth-order valence-corrected chi connectivity index (χ4v) is 3.91. The lowest BCUT2D eigenvalue weighted by molar-refractivity contribution is -0.115. The van der Waals surface area contributed by atoms with Crippen molar-refractivity contribution in [2.45, 2.75) is 26.7 Å². The molecule has 25 heavy (non-hydrogen) atoms. The maximum Gasteiger partial charge on any atom is 0.339 e. The molecule has 0 bridgehead atoms. The van der Waals surface area contributed by atoms with Crippen LogP contribution in [0, 0.1) is 6.92 Å². The van der Waals surface area contributed by atoms with Gasteiger partial charge in [0.1, 0.15) is 16.5 Å². The highest BCUT2D eigenvalue weighted by atomic mass is 32.1. The number of nitrogens with one attached hydrogen (secondary N) is 1. The Balaban J connectivity index is 2.29. The average Bonchev–Trinajstić information content (AvgIpc) is 2.89. The second kappa shape index (κ2) is 8.02. The van der Waals surface area contributed by atoms with Crippen LogP contribution in [-0.4, -0.2) is 31.2 Å². The summed E-state index contributed by atoms with van der Waals surface area (Å²) in [5.74, 6) is -0.269. The quantitative estimate of drug-likeness (QED) is 0.786. The van der Waals surface area contributed by atoms with Gasteiger partial charge in [0.2, 0.25) is 5.91 Å². The van der Waals surface area contributed by atoms with E-state index in [1.54, 1.807) is 18.2 Å². The molecule has 1 aromatic carbocycles. The molecule has 1 aromatic heterocycles. The van der Waals surface area contributed by atoms with E-state index in [2.05, 4.69) is 5.32 Å². The van der Waals surface area contributed by atoms with Crippen LogP contribution in [0.4, 0.5) is 5.00 Å². The van der Waals surface area contributed by atoms with Crippen molar-refractivity contribution in [3.05, 3.63) is 39.8 Å². The van der Waals surface area contributed by atoms with Crippen molar-refractivity contribution >= 4 is 28.2 Å². The first kappa shape index (κ1) is 18.8. The van der Waals surface area contributed by atoms with Crippen LogP contribution in [0.5, 0.6) is 11.5 Å². The van der Waals surface area contributed by atoms with Gasteiger partial charge in [0, 0.05) is 10.4 Å². The van der Waals surface area contributed by atoms with Gasteiger partial charge in [-0.05, 0) is 31.0 Å². The van der Waals surface area contributed by atoms with E-state index in [-0.39, 0.29) is 17.9 Å². The number of rotatable bonds is 7. The lowest BCUT2D eigenvalue weighted by atomic mass is 10.1. The van der Waals surface area contributed by atoms with Crippen molar-refractivity contribution < 1.29 is 24.2 Å². The SMILES string of the molecule is CCc1c(C)sc(NC(=O)Cc2c(OC)cccc2OC)c1C(=O)O. The average molecular weight is 363 g/mol. The molecule has 6 nitrogen and oxygen atoms in total. The van der Waals surface area contributed by atoms with E-state index in [4.69, 9.17) is 9.47 Å². The number of carbonyl (C=O) groups excluding carboxylic acids is 1. The predicted molar refractivity (Wildman–Crippen MR) is 97.3 cm³/mol. The number of benzene rings is 1. The maximum absolute atomic E-state index is 12.5. The van der Waals surface area contributed by atoms with Crippen LogP contribution in [0.15, 0.2) is 18.2 Å². The van der Waals surface area contributed by atoms with E-state index in [1.165, 1.54) is 25.6 Å². The van der Waals surface area contributed by atoms with Gasteiger partial charge in [0.15, 0.2) is 0 Å². The van der Waals surface area contributed by atoms with E-state index in [0.29, 0.717) is 28.5 Å². The second-order valence-corrected chi connectivity index (χ2v) is 6.59. The molecule has 134 valence electrons. The number of aryl methyl sites for hydroxylation is 1. The molecule has 0 radical (unpaired) electrons. The number of anilines is 1. The third-order valence-electron chi connectivity index (χ3n) is 3.90. The Morgan fingerprint density at radius 2 is 1.76 bits per heavy atom. The molecule has 0 saturated carbocycles. The van der Waals surface area contributed by atoms with Crippen molar-refractivity contribution in [1.29, 1.82) is 0 Å². The summed E-state index contributed by atoms with van der Waals surface area (Å²) in [6.07, 6.45) is 0.616. The summed E-state index contributed by atoms with van der Waals surface area (Å²) in [5, 5.41) is 12.6. The van der Waals surface area contributed by atoms with Crippen molar-refractivity contribution in [3.63, 3.8) is 0 Å². The van der Waals surface area contributed by atoms with Crippen molar-refractivity contribution in [3.8, 4) is 11.5 Å². The first-order valence-electron chi connectivity index (χ1n) is 7.78. The standard InChI is InChI=1S/C18H21NO5S/c1-5-11-10(2)25-17(16(11)18(21)22)19-15(20)9-12-13(23-3)7-6-8-14(12)24-4/h6-8H,5,9H2,1-4H3,(H,19,20)(H,21,22). The molecule has 1 heterocycles. The lowest BCUT2D eigenvalue weighted by Gasteiger charge is -2.13. The van der Waals surface area contributed by atoms with Gasteiger partial charge in [0.05, 0.1) is 26.2 Å². The Bertz CT molecular complexity index is 775. The summed E-state index contributed by atoms with van der Waals surface area (Å²) in [5.41, 5.74) is 1.54. The lowest BCUT2D eigenvalue weighted by Crippen LogP contribution is -2.17. The normalized spacial score (nSPS) is 10.4. The van der Waals surface area contributed by atoms with Gasteiger partial charge in [-0.25, -0.2) is 4.79 Å². The maximum atomic E-state index is 12.5. The Morgan fingerprint density at radius 1 is 1.16 bits per heavy atom. The molecule has 2 rings (SSSR count). The van der Waals surface area contributed by atoms with Gasteiger partial charge in [-0.3, -0.25) is 4.79 Å². The van der Waals surface area contributed by atoms with Crippen LogP contribution < -0.4 is 14.8 Å². The van der Waals surface area contributed by atoms with Gasteiger partial charge in [-0.1, -0.05) is 13.0 Å². The molecule has 7 heteroatoms. The Labute approximate surface area is 150 Å². The zero-order valence-electron chi connectivity index (χ0n) is 14.6. The zero-order chi connectivity index (χ0) is 18.6. The number of carbonyl (C=O) groups is 2. The van der Waals surface area contributed by atoms with Crippen LogP contribution in [0.3, 0.4) is 0 Å². The monoisotopic (exact) mass is 363 g/mol. The Kier molecular flexibility index (Phi) is 6.03. The molecule has 0 unspecified atom stereocenters. The highest BCUT2D eigenvalue weighted by Crippen LogP contribution is 2.34. The minimum atomic E-state index is -1.04. The van der Waals surface area contributed by atoms with Crippen LogP contribution in [0.25, 0.3) is 0 Å². The van der Waals surface area contributed by atoms with Gasteiger partial charge in [-0.15, -0.1) is 11.3 Å². The van der Waals surface area contributed by atoms with E-state index < -0.39 is 5.97 Å². The van der Waals surface area contributed by atoms with Gasteiger partial charge >= 0.3 is 5.97 Å². The van der Waals surface area contributed by atoms with Crippen molar-refractivity contribution in [1.82, 2.24) is 0 Å². The predicted octanol–water partition coefficient (Wildman–Crippen LogP) is 3.52. The van der Waals surface area contributed by atoms with Gasteiger partial charge in [-0.2, -0.15) is 0 Å². The first-order chi connectivity index (χ1) is 11.9. The summed E-state index contributed by atoms with van der Waals surface area (Å²) in [7, 11) is 3.05. The third-order valence-corrected chi connectivity index (χ3v) is 4.96. The summed E-state index contributed by atoms with van der Waals surface area (Å²) in [6, 6.07) is 5.27. The fraction of sp³-hybridized carbons (Fsp3) is 0.333. The van der Waals surface area contributed by atoms with Crippen molar-refractivity contribution in [2.75, 3.05) is 19.5 Å². The molecule has 2 N–H and O–H groups in total. The first-order valence-corrected chi connectivity index (χ1v) is 8.59. The van der Waals surface area contributed by atoms with E-state index in [0.717, 1.165) is 10.4 Å². The number of methoxy groups -OCH3 is 2. The summed E-state index contributed by atoms with van der Waals surface area (Å²) >= 11 is 1.28. The molecule has 0 saturated heterocycles. The molecule has 0 atom stereocenters. The third kappa shape index (κ3) is 3.93. The van der Waals surface area contributed by atoms with E-state index in [9.17, 15) is 14.7 Å². The molecular weight excluding hydrogens is 342 g/mol. The van der Waals surface area contributed by atoms with Crippen LogP contribution in [0.1, 0.15) is 33.3 Å². The van der Waals surface area contributed by atoms with Crippen LogP contribution in [-0.2, 0) is 17.6 Å². The smallest absolute Gasteiger partial charge is 0.339 e. The molecule has 0 fully saturated rings. The number of hydrogen-bond acceptors (Lipinski definition) is 5. The number of thiophene rings is 1. The molecule has 1 amide bonds. The second-order valence-electron chi connectivity index (χ2n) is 5.37. The van der Waals surface area contributed by atoms with Crippen LogP contribution >= 0.6 is 11.3 Å². The Hall–Kier alpha value is -2.54. The van der Waals surface area contributed by atoms with E-state index in [1.807, 2.05) is 13.8 Å². The molecular formula is C18H21NO5S. The molecule has 0 spiro atoms. The topological polar surface area (TPSA) is 84.9 Å². The number of hydrogen-bond donors (Lipinski definition) is 2. The van der Waals surface area contributed by atoms with Gasteiger partial charge < -0.3 is 19.9 Å². The molecule has 0 aliphatic rings. The minimum Gasteiger partial charge on any atom is -0.496 e. The number of aromatic carboxylic acids is 1.